The number of piperazine rings is 1. The quantitative estimate of drug-likeness (QED) is 0.620. The number of aliphatic hydroxyl groups excluding tert-OH is 1. The minimum Gasteiger partial charge on any atom is -0.393 e. The van der Waals surface area contributed by atoms with E-state index in [9.17, 15) is 14.7 Å². The first-order valence-electron chi connectivity index (χ1n) is 13.6. The van der Waals surface area contributed by atoms with Crippen molar-refractivity contribution in [1.29, 1.82) is 0 Å². The zero-order chi connectivity index (χ0) is 23.4. The first-order chi connectivity index (χ1) is 15.7. The number of amides is 2. The van der Waals surface area contributed by atoms with Gasteiger partial charge in [-0.05, 0) is 98.2 Å². The summed E-state index contributed by atoms with van der Waals surface area (Å²) in [5, 5.41) is 13.1. The first kappa shape index (κ1) is 23.4. The molecule has 2 amide bonds. The van der Waals surface area contributed by atoms with Crippen molar-refractivity contribution >= 4 is 11.8 Å². The van der Waals surface area contributed by atoms with Crippen LogP contribution in [0.15, 0.2) is 11.6 Å². The van der Waals surface area contributed by atoms with Gasteiger partial charge >= 0.3 is 0 Å². The summed E-state index contributed by atoms with van der Waals surface area (Å²) in [6.07, 6.45) is 13.4. The first-order valence-corrected chi connectivity index (χ1v) is 13.6. The second kappa shape index (κ2) is 8.70. The predicted octanol–water partition coefficient (Wildman–Crippen LogP) is 4.30. The van der Waals surface area contributed by atoms with Crippen LogP contribution >= 0.6 is 0 Å². The van der Waals surface area contributed by atoms with Crippen molar-refractivity contribution in [2.45, 2.75) is 91.1 Å². The summed E-state index contributed by atoms with van der Waals surface area (Å²) < 4.78 is 0. The molecule has 0 spiro atoms. The van der Waals surface area contributed by atoms with E-state index >= 15 is 0 Å². The van der Waals surface area contributed by atoms with Gasteiger partial charge < -0.3 is 15.3 Å². The highest BCUT2D eigenvalue weighted by molar-refractivity contribution is 5.85. The van der Waals surface area contributed by atoms with Gasteiger partial charge in [-0.15, -0.1) is 0 Å². The van der Waals surface area contributed by atoms with Crippen molar-refractivity contribution in [3.8, 4) is 0 Å². The van der Waals surface area contributed by atoms with Gasteiger partial charge in [0.15, 0.2) is 0 Å². The van der Waals surface area contributed by atoms with Crippen LogP contribution in [-0.4, -0.2) is 47.6 Å². The van der Waals surface area contributed by atoms with Gasteiger partial charge in [0.25, 0.3) is 0 Å². The molecule has 33 heavy (non-hydrogen) atoms. The van der Waals surface area contributed by atoms with E-state index in [1.165, 1.54) is 32.1 Å². The number of carbonyl (C=O) groups is 2. The van der Waals surface area contributed by atoms with Crippen molar-refractivity contribution < 1.29 is 14.7 Å². The van der Waals surface area contributed by atoms with Crippen molar-refractivity contribution in [1.82, 2.24) is 10.2 Å². The molecule has 5 heteroatoms. The Hall–Kier alpha value is -1.36. The number of nitrogens with one attached hydrogen (secondary N) is 1. The highest BCUT2D eigenvalue weighted by atomic mass is 16.3. The van der Waals surface area contributed by atoms with Gasteiger partial charge in [0.05, 0.1) is 12.6 Å². The lowest BCUT2D eigenvalue weighted by molar-refractivity contribution is -0.138. The van der Waals surface area contributed by atoms with Gasteiger partial charge in [-0.1, -0.05) is 32.4 Å². The Bertz CT molecular complexity index is 824. The molecule has 1 heterocycles. The fraction of sp³-hybridized carbons (Fsp3) is 0.857. The molecule has 0 aromatic rings. The average molecular weight is 457 g/mol. The summed E-state index contributed by atoms with van der Waals surface area (Å²) in [6.45, 7) is 8.92. The third-order valence-corrected chi connectivity index (χ3v) is 11.0. The van der Waals surface area contributed by atoms with Crippen LogP contribution in [0.25, 0.3) is 0 Å². The molecule has 0 aromatic carbocycles. The van der Waals surface area contributed by atoms with E-state index < -0.39 is 0 Å². The summed E-state index contributed by atoms with van der Waals surface area (Å²) in [4.78, 5) is 26.1. The maximum absolute atomic E-state index is 12.7. The Morgan fingerprint density at radius 2 is 2.03 bits per heavy atom. The Labute approximate surface area is 199 Å². The molecule has 5 nitrogen and oxygen atoms in total. The minimum atomic E-state index is -0.131. The lowest BCUT2D eigenvalue weighted by Gasteiger charge is -2.58. The Kier molecular flexibility index (Phi) is 6.16. The summed E-state index contributed by atoms with van der Waals surface area (Å²) in [5.74, 6) is 3.74. The van der Waals surface area contributed by atoms with Crippen LogP contribution in [0.5, 0.6) is 0 Å². The van der Waals surface area contributed by atoms with E-state index in [0.29, 0.717) is 42.2 Å². The SMILES string of the molecule is CC(CCC(=O)N1CCNC(=O)C1)[C@H]1CC[C@H]2[C@@H]3CC=C4C[C@@H](O)CC[C@]4(C)[C@H]3CC[C@]12C. The van der Waals surface area contributed by atoms with Gasteiger partial charge in [-0.3, -0.25) is 9.59 Å². The molecule has 0 radical (unpaired) electrons. The maximum Gasteiger partial charge on any atom is 0.239 e. The molecule has 4 fully saturated rings. The third-order valence-electron chi connectivity index (χ3n) is 11.0. The monoisotopic (exact) mass is 456 g/mol. The number of carbonyl (C=O) groups excluding carboxylic acids is 2. The van der Waals surface area contributed by atoms with Gasteiger partial charge in [0.1, 0.15) is 0 Å². The van der Waals surface area contributed by atoms with E-state index in [1.807, 2.05) is 0 Å². The normalized spacial score (nSPS) is 43.6. The molecule has 4 aliphatic carbocycles. The molecule has 3 saturated carbocycles. The zero-order valence-electron chi connectivity index (χ0n) is 20.9. The molecule has 1 saturated heterocycles. The molecule has 0 aromatic heterocycles. The van der Waals surface area contributed by atoms with E-state index in [1.54, 1.807) is 10.5 Å². The standard InChI is InChI=1S/C28H44N2O3/c1-18(4-9-26(33)30-15-14-29-25(32)17-30)22-7-8-23-21-6-5-19-16-20(31)10-12-27(19,2)24(21)11-13-28(22,23)3/h5,18,20-24,31H,4,6-17H2,1-3H3,(H,29,32)/t18?,20-,21-,22+,23-,24-,27-,28+/m0/s1. The fourth-order valence-electron chi connectivity index (χ4n) is 9.18. The summed E-state index contributed by atoms with van der Waals surface area (Å²) >= 11 is 0. The van der Waals surface area contributed by atoms with Crippen LogP contribution in [0.2, 0.25) is 0 Å². The largest absolute Gasteiger partial charge is 0.393 e. The number of allylic oxidation sites excluding steroid dienone is 1. The second-order valence-electron chi connectivity index (χ2n) is 12.6. The number of hydrogen-bond acceptors (Lipinski definition) is 3. The fourth-order valence-corrected chi connectivity index (χ4v) is 9.18. The van der Waals surface area contributed by atoms with Crippen LogP contribution in [0.1, 0.15) is 85.0 Å². The number of rotatable bonds is 4. The highest BCUT2D eigenvalue weighted by Gasteiger charge is 2.59. The second-order valence-corrected chi connectivity index (χ2v) is 12.6. The van der Waals surface area contributed by atoms with Gasteiger partial charge in [0.2, 0.25) is 11.8 Å². The molecule has 8 atom stereocenters. The molecule has 0 bridgehead atoms. The van der Waals surface area contributed by atoms with E-state index in [4.69, 9.17) is 0 Å². The van der Waals surface area contributed by atoms with Crippen molar-refractivity contribution in [3.63, 3.8) is 0 Å². The number of nitrogens with zero attached hydrogens (tertiary/aromatic N) is 1. The summed E-state index contributed by atoms with van der Waals surface area (Å²) in [6, 6.07) is 0. The topological polar surface area (TPSA) is 69.6 Å². The summed E-state index contributed by atoms with van der Waals surface area (Å²) in [7, 11) is 0. The lowest BCUT2D eigenvalue weighted by Crippen LogP contribution is -2.51. The predicted molar refractivity (Wildman–Crippen MR) is 129 cm³/mol. The lowest BCUT2D eigenvalue weighted by atomic mass is 9.47. The Morgan fingerprint density at radius 1 is 1.21 bits per heavy atom. The highest BCUT2D eigenvalue weighted by Crippen LogP contribution is 2.67. The van der Waals surface area contributed by atoms with Crippen LogP contribution in [-0.2, 0) is 9.59 Å². The smallest absolute Gasteiger partial charge is 0.239 e. The molecule has 184 valence electrons. The van der Waals surface area contributed by atoms with Crippen molar-refractivity contribution in [2.24, 2.45) is 40.4 Å². The maximum atomic E-state index is 12.7. The van der Waals surface area contributed by atoms with Crippen LogP contribution < -0.4 is 5.32 Å². The van der Waals surface area contributed by atoms with Crippen molar-refractivity contribution in [2.75, 3.05) is 19.6 Å². The van der Waals surface area contributed by atoms with Gasteiger partial charge in [-0.2, -0.15) is 0 Å². The summed E-state index contributed by atoms with van der Waals surface area (Å²) in [5.41, 5.74) is 2.25. The van der Waals surface area contributed by atoms with Gasteiger partial charge in [-0.25, -0.2) is 0 Å². The third kappa shape index (κ3) is 3.96. The molecule has 2 N–H and O–H groups in total. The zero-order valence-corrected chi connectivity index (χ0v) is 20.9. The molecule has 1 unspecified atom stereocenters. The van der Waals surface area contributed by atoms with Crippen LogP contribution in [0.4, 0.5) is 0 Å². The number of hydrogen-bond donors (Lipinski definition) is 2. The molecule has 1 aliphatic heterocycles. The van der Waals surface area contributed by atoms with E-state index in [0.717, 1.165) is 43.4 Å². The Balaban J connectivity index is 1.24. The van der Waals surface area contributed by atoms with Crippen LogP contribution in [0.3, 0.4) is 0 Å². The number of aliphatic hydroxyl groups is 1. The molecular formula is C28H44N2O3. The van der Waals surface area contributed by atoms with Crippen molar-refractivity contribution in [3.05, 3.63) is 11.6 Å². The van der Waals surface area contributed by atoms with Crippen LogP contribution in [0, 0.1) is 40.4 Å². The van der Waals surface area contributed by atoms with Gasteiger partial charge in [0, 0.05) is 19.5 Å². The molecular weight excluding hydrogens is 412 g/mol. The van der Waals surface area contributed by atoms with E-state index in [2.05, 4.69) is 32.2 Å². The molecule has 5 aliphatic rings. The molecule has 5 rings (SSSR count). The Morgan fingerprint density at radius 3 is 2.82 bits per heavy atom. The average Bonchev–Trinajstić information content (AvgIpc) is 3.15. The van der Waals surface area contributed by atoms with E-state index in [-0.39, 0.29) is 24.5 Å². The number of fused-ring (bicyclic) bond motifs is 5. The minimum absolute atomic E-state index is 0.0311.